The number of carbonyl (C=O) groups excluding carboxylic acids is 2. The number of benzene rings is 2. The van der Waals surface area contributed by atoms with Gasteiger partial charge in [-0.25, -0.2) is 4.90 Å². The van der Waals surface area contributed by atoms with Gasteiger partial charge in [0.1, 0.15) is 0 Å². The number of non-ortho nitro benzene ring substituents is 1. The number of hydrogen-bond donors (Lipinski definition) is 0. The minimum atomic E-state index is -0.505. The van der Waals surface area contributed by atoms with Gasteiger partial charge in [0.2, 0.25) is 5.91 Å². The lowest BCUT2D eigenvalue weighted by atomic mass is 10.2. The molecule has 2 aromatic carbocycles. The first-order chi connectivity index (χ1) is 12.6. The Morgan fingerprint density at radius 2 is 1.96 bits per heavy atom. The summed E-state index contributed by atoms with van der Waals surface area (Å²) in [5.74, 6) is -0.734. The van der Waals surface area contributed by atoms with Crippen molar-refractivity contribution in [2.45, 2.75) is 0 Å². The highest BCUT2D eigenvalue weighted by molar-refractivity contribution is 8.15. The van der Waals surface area contributed by atoms with Crippen LogP contribution in [0.25, 0.3) is 0 Å². The average molecular weight is 368 g/mol. The van der Waals surface area contributed by atoms with Crippen LogP contribution in [0.5, 0.6) is 0 Å². The quantitative estimate of drug-likeness (QED) is 0.357. The maximum atomic E-state index is 12.5. The van der Waals surface area contributed by atoms with Crippen molar-refractivity contribution in [1.82, 2.24) is 4.90 Å². The fourth-order valence-corrected chi connectivity index (χ4v) is 3.01. The summed E-state index contributed by atoms with van der Waals surface area (Å²) in [7, 11) is 0. The van der Waals surface area contributed by atoms with Gasteiger partial charge in [-0.2, -0.15) is 5.10 Å². The number of hydrogen-bond acceptors (Lipinski definition) is 7. The summed E-state index contributed by atoms with van der Waals surface area (Å²) in [6.07, 6.45) is 1.33. The normalized spacial score (nSPS) is 15.8. The molecule has 1 aliphatic rings. The molecule has 0 unspecified atom stereocenters. The van der Waals surface area contributed by atoms with Crippen LogP contribution in [0.2, 0.25) is 0 Å². The smallest absolute Gasteiger partial charge is 0.270 e. The second kappa shape index (κ2) is 7.70. The van der Waals surface area contributed by atoms with Crippen molar-refractivity contribution in [3.63, 3.8) is 0 Å². The number of nitro groups is 1. The Morgan fingerprint density at radius 1 is 1.19 bits per heavy atom. The molecule has 0 saturated carbocycles. The first-order valence-corrected chi connectivity index (χ1v) is 8.45. The Morgan fingerprint density at radius 3 is 2.69 bits per heavy atom. The van der Waals surface area contributed by atoms with E-state index in [0.29, 0.717) is 11.1 Å². The van der Waals surface area contributed by atoms with Crippen LogP contribution in [0.3, 0.4) is 0 Å². The van der Waals surface area contributed by atoms with E-state index in [-0.39, 0.29) is 22.5 Å². The third-order valence-corrected chi connectivity index (χ3v) is 4.33. The zero-order chi connectivity index (χ0) is 18.5. The molecule has 130 valence electrons. The Labute approximate surface area is 152 Å². The van der Waals surface area contributed by atoms with Crippen LogP contribution in [0.15, 0.2) is 64.8 Å². The number of amidine groups is 1. The Bertz CT molecular complexity index is 927. The summed E-state index contributed by atoms with van der Waals surface area (Å²) >= 11 is 1.11. The molecule has 0 aromatic heterocycles. The standard InChI is InChI=1S/C17H12N4O4S/c22-15-11-26-17(20(15)16(23)13-6-2-1-3-7-13)19-18-10-12-5-4-8-14(9-12)21(24)25/h1-10H,11H2/b18-10-,19-17+. The summed E-state index contributed by atoms with van der Waals surface area (Å²) in [6.45, 7) is 0. The fourth-order valence-electron chi connectivity index (χ4n) is 2.21. The van der Waals surface area contributed by atoms with Crippen LogP contribution in [-0.4, -0.2) is 38.8 Å². The van der Waals surface area contributed by atoms with E-state index in [9.17, 15) is 19.7 Å². The summed E-state index contributed by atoms with van der Waals surface area (Å²) in [4.78, 5) is 35.8. The number of thioether (sulfide) groups is 1. The average Bonchev–Trinajstić information content (AvgIpc) is 3.02. The Hall–Kier alpha value is -3.33. The molecule has 0 N–H and O–H groups in total. The molecule has 2 aromatic rings. The second-order valence-electron chi connectivity index (χ2n) is 5.17. The first kappa shape index (κ1) is 17.5. The van der Waals surface area contributed by atoms with E-state index in [0.717, 1.165) is 16.7 Å². The van der Waals surface area contributed by atoms with Gasteiger partial charge in [-0.15, -0.1) is 5.10 Å². The molecule has 1 heterocycles. The number of rotatable bonds is 4. The predicted octanol–water partition coefficient (Wildman–Crippen LogP) is 2.70. The second-order valence-corrected chi connectivity index (χ2v) is 6.11. The molecular weight excluding hydrogens is 356 g/mol. The molecule has 3 rings (SSSR count). The minimum Gasteiger partial charge on any atom is -0.273 e. The number of imide groups is 1. The Balaban J connectivity index is 1.81. The zero-order valence-electron chi connectivity index (χ0n) is 13.3. The monoisotopic (exact) mass is 368 g/mol. The van der Waals surface area contributed by atoms with Gasteiger partial charge in [0.05, 0.1) is 16.9 Å². The van der Waals surface area contributed by atoms with Crippen LogP contribution >= 0.6 is 11.8 Å². The van der Waals surface area contributed by atoms with Gasteiger partial charge in [0, 0.05) is 23.3 Å². The van der Waals surface area contributed by atoms with E-state index < -0.39 is 10.8 Å². The van der Waals surface area contributed by atoms with Crippen LogP contribution in [0.1, 0.15) is 15.9 Å². The lowest BCUT2D eigenvalue weighted by molar-refractivity contribution is -0.384. The highest BCUT2D eigenvalue weighted by atomic mass is 32.2. The van der Waals surface area contributed by atoms with E-state index in [2.05, 4.69) is 10.2 Å². The van der Waals surface area contributed by atoms with E-state index in [1.165, 1.54) is 24.4 Å². The lowest BCUT2D eigenvalue weighted by Gasteiger charge is -2.12. The molecule has 8 nitrogen and oxygen atoms in total. The Kier molecular flexibility index (Phi) is 5.18. The van der Waals surface area contributed by atoms with E-state index in [1.54, 1.807) is 36.4 Å². The van der Waals surface area contributed by atoms with Gasteiger partial charge >= 0.3 is 0 Å². The van der Waals surface area contributed by atoms with E-state index in [4.69, 9.17) is 0 Å². The van der Waals surface area contributed by atoms with Crippen molar-refractivity contribution < 1.29 is 14.5 Å². The first-order valence-electron chi connectivity index (χ1n) is 7.47. The maximum absolute atomic E-state index is 12.5. The minimum absolute atomic E-state index is 0.0621. The molecule has 0 bridgehead atoms. The van der Waals surface area contributed by atoms with Gasteiger partial charge in [0.25, 0.3) is 11.6 Å². The topological polar surface area (TPSA) is 105 Å². The number of carbonyl (C=O) groups is 2. The van der Waals surface area contributed by atoms with Gasteiger partial charge in [-0.05, 0) is 12.1 Å². The molecule has 0 spiro atoms. The van der Waals surface area contributed by atoms with Crippen molar-refractivity contribution >= 4 is 40.6 Å². The van der Waals surface area contributed by atoms with Crippen molar-refractivity contribution in [3.8, 4) is 0 Å². The van der Waals surface area contributed by atoms with Crippen LogP contribution < -0.4 is 0 Å². The van der Waals surface area contributed by atoms with E-state index >= 15 is 0 Å². The van der Waals surface area contributed by atoms with Crippen LogP contribution in [-0.2, 0) is 4.79 Å². The summed E-state index contributed by atoms with van der Waals surface area (Å²) in [5, 5.41) is 18.7. The van der Waals surface area contributed by atoms with Crippen molar-refractivity contribution in [2.75, 3.05) is 5.75 Å². The molecule has 1 fully saturated rings. The van der Waals surface area contributed by atoms with E-state index in [1.807, 2.05) is 0 Å². The SMILES string of the molecule is O=C1CS/C(=N/N=C\c2cccc([N+](=O)[O-])c2)N1C(=O)c1ccccc1. The molecule has 0 atom stereocenters. The van der Waals surface area contributed by atoms with Crippen LogP contribution in [0.4, 0.5) is 5.69 Å². The highest BCUT2D eigenvalue weighted by Crippen LogP contribution is 2.22. The summed E-state index contributed by atoms with van der Waals surface area (Å²) in [6, 6.07) is 14.3. The largest absolute Gasteiger partial charge is 0.273 e. The molecule has 9 heteroatoms. The number of amides is 2. The maximum Gasteiger partial charge on any atom is 0.270 e. The molecule has 0 aliphatic carbocycles. The van der Waals surface area contributed by atoms with Crippen LogP contribution in [0, 0.1) is 10.1 Å². The van der Waals surface area contributed by atoms with Crippen molar-refractivity contribution in [2.24, 2.45) is 10.2 Å². The summed E-state index contributed by atoms with van der Waals surface area (Å²) in [5.41, 5.74) is 0.797. The zero-order valence-corrected chi connectivity index (χ0v) is 14.1. The molecule has 2 amide bonds. The molecular formula is C17H12N4O4S. The van der Waals surface area contributed by atoms with Gasteiger partial charge < -0.3 is 0 Å². The van der Waals surface area contributed by atoms with Gasteiger partial charge in [0.15, 0.2) is 5.17 Å². The molecule has 1 saturated heterocycles. The molecule has 26 heavy (non-hydrogen) atoms. The fraction of sp³-hybridized carbons (Fsp3) is 0.0588. The van der Waals surface area contributed by atoms with Gasteiger partial charge in [-0.1, -0.05) is 42.1 Å². The van der Waals surface area contributed by atoms with Crippen molar-refractivity contribution in [3.05, 3.63) is 75.8 Å². The summed E-state index contributed by atoms with van der Waals surface area (Å²) < 4.78 is 0. The predicted molar refractivity (Wildman–Crippen MR) is 98.2 cm³/mol. The number of nitrogens with zero attached hydrogens (tertiary/aromatic N) is 4. The third-order valence-electron chi connectivity index (χ3n) is 3.42. The third kappa shape index (κ3) is 3.83. The van der Waals surface area contributed by atoms with Gasteiger partial charge in [-0.3, -0.25) is 19.7 Å². The number of nitro benzene ring substituents is 1. The lowest BCUT2D eigenvalue weighted by Crippen LogP contribution is -2.35. The molecule has 1 aliphatic heterocycles. The molecule has 0 radical (unpaired) electrons. The van der Waals surface area contributed by atoms with Crippen molar-refractivity contribution in [1.29, 1.82) is 0 Å². The highest BCUT2D eigenvalue weighted by Gasteiger charge is 2.34.